The molecule has 0 bridgehead atoms. The lowest BCUT2D eigenvalue weighted by Crippen LogP contribution is -2.46. The van der Waals surface area contributed by atoms with Crippen molar-refractivity contribution in [3.63, 3.8) is 0 Å². The summed E-state index contributed by atoms with van der Waals surface area (Å²) in [7, 11) is -1.12. The molecule has 0 unspecified atom stereocenters. The van der Waals surface area contributed by atoms with Crippen molar-refractivity contribution in [2.24, 2.45) is 0 Å². The zero-order chi connectivity index (χ0) is 7.61. The third-order valence-corrected chi connectivity index (χ3v) is 0.737. The molecule has 1 aliphatic heterocycles. The fourth-order valence-corrected chi connectivity index (χ4v) is 0.374. The molecular weight excluding hydrogens is 149 g/mol. The van der Waals surface area contributed by atoms with Gasteiger partial charge in [0.05, 0.1) is 0 Å². The van der Waals surface area contributed by atoms with Crippen LogP contribution in [0.1, 0.15) is 0 Å². The van der Waals surface area contributed by atoms with Crippen molar-refractivity contribution < 1.29 is 26.9 Å². The lowest BCUT2D eigenvalue weighted by molar-refractivity contribution is -0.0750. The highest BCUT2D eigenvalue weighted by Crippen LogP contribution is 2.20. The SMILES string of the molecule is FC(F)(F)B1O[B]O[B]O1. The molecule has 10 heavy (non-hydrogen) atoms. The van der Waals surface area contributed by atoms with Gasteiger partial charge in [0, 0.05) is 0 Å². The highest BCUT2D eigenvalue weighted by Gasteiger charge is 2.50. The van der Waals surface area contributed by atoms with E-state index in [1.54, 1.807) is 0 Å². The van der Waals surface area contributed by atoms with Gasteiger partial charge in [0.2, 0.25) is 0 Å². The van der Waals surface area contributed by atoms with E-state index < -0.39 is 13.2 Å². The highest BCUT2D eigenvalue weighted by atomic mass is 19.4. The van der Waals surface area contributed by atoms with Crippen LogP contribution in [-0.2, 0) is 13.7 Å². The van der Waals surface area contributed by atoms with E-state index in [1.165, 1.54) is 0 Å². The van der Waals surface area contributed by atoms with E-state index in [4.69, 9.17) is 0 Å². The summed E-state index contributed by atoms with van der Waals surface area (Å²) in [5.41, 5.74) is 0. The van der Waals surface area contributed by atoms with Gasteiger partial charge in [0.25, 0.3) is 0 Å². The molecule has 0 aromatic rings. The molecule has 0 spiro atoms. The first-order valence-corrected chi connectivity index (χ1v) is 2.27. The maximum Gasteiger partial charge on any atom is 0.551 e. The van der Waals surface area contributed by atoms with Crippen molar-refractivity contribution >= 4 is 22.5 Å². The summed E-state index contributed by atoms with van der Waals surface area (Å²) in [6.45, 7) is 0. The Morgan fingerprint density at radius 3 is 1.90 bits per heavy atom. The Bertz CT molecular complexity index is 110. The molecule has 3 nitrogen and oxygen atoms in total. The van der Waals surface area contributed by atoms with Crippen LogP contribution < -0.4 is 0 Å². The molecule has 1 fully saturated rings. The first-order valence-electron chi connectivity index (χ1n) is 2.27. The zero-order valence-electron chi connectivity index (χ0n) is 4.59. The molecule has 0 aromatic heterocycles. The Morgan fingerprint density at radius 1 is 1.10 bits per heavy atom. The van der Waals surface area contributed by atoms with Crippen molar-refractivity contribution in [2.45, 2.75) is 6.08 Å². The zero-order valence-corrected chi connectivity index (χ0v) is 4.59. The molecule has 0 aliphatic carbocycles. The Balaban J connectivity index is 2.39. The second-order valence-corrected chi connectivity index (χ2v) is 1.47. The quantitative estimate of drug-likeness (QED) is 0.443. The fraction of sp³-hybridized carbons (Fsp3) is 1.00. The van der Waals surface area contributed by atoms with Crippen molar-refractivity contribution in [3.05, 3.63) is 0 Å². The van der Waals surface area contributed by atoms with E-state index in [0.717, 1.165) is 0 Å². The summed E-state index contributed by atoms with van der Waals surface area (Å²) in [6.07, 6.45) is -4.52. The molecule has 0 N–H and O–H groups in total. The van der Waals surface area contributed by atoms with E-state index >= 15 is 0 Å². The Hall–Kier alpha value is -0.135. The third kappa shape index (κ3) is 1.93. The van der Waals surface area contributed by atoms with Crippen LogP contribution in [0.4, 0.5) is 13.2 Å². The summed E-state index contributed by atoms with van der Waals surface area (Å²) >= 11 is 0. The van der Waals surface area contributed by atoms with Crippen molar-refractivity contribution in [2.75, 3.05) is 0 Å². The van der Waals surface area contributed by atoms with Crippen LogP contribution in [0.25, 0.3) is 0 Å². The van der Waals surface area contributed by atoms with Crippen molar-refractivity contribution in [1.29, 1.82) is 0 Å². The Morgan fingerprint density at radius 2 is 1.60 bits per heavy atom. The molecule has 52 valence electrons. The summed E-state index contributed by atoms with van der Waals surface area (Å²) in [5.74, 6) is 0. The van der Waals surface area contributed by atoms with Crippen LogP contribution in [0.5, 0.6) is 0 Å². The summed E-state index contributed by atoms with van der Waals surface area (Å²) in [6, 6.07) is 0. The number of halogens is 3. The summed E-state index contributed by atoms with van der Waals surface area (Å²) in [4.78, 5) is 0. The summed E-state index contributed by atoms with van der Waals surface area (Å²) in [5, 5.41) is 0. The van der Waals surface area contributed by atoms with Gasteiger partial charge < -0.3 is 13.7 Å². The molecule has 1 rings (SSSR count). The van der Waals surface area contributed by atoms with Crippen molar-refractivity contribution in [3.8, 4) is 0 Å². The van der Waals surface area contributed by atoms with E-state index in [0.29, 0.717) is 15.4 Å². The summed E-state index contributed by atoms with van der Waals surface area (Å²) < 4.78 is 46.7. The van der Waals surface area contributed by atoms with Gasteiger partial charge in [-0.1, -0.05) is 0 Å². The van der Waals surface area contributed by atoms with Gasteiger partial charge in [0.1, 0.15) is 0 Å². The minimum absolute atomic E-state index is 0.557. The number of alkyl halides is 3. The monoisotopic (exact) mass is 150 g/mol. The Labute approximate surface area is 56.6 Å². The van der Waals surface area contributed by atoms with E-state index in [1.807, 2.05) is 0 Å². The molecule has 2 radical (unpaired) electrons. The first-order chi connectivity index (χ1) is 4.61. The smallest absolute Gasteiger partial charge is 0.457 e. The third-order valence-electron chi connectivity index (χ3n) is 0.737. The number of hydrogen-bond acceptors (Lipinski definition) is 3. The number of hydrogen-bond donors (Lipinski definition) is 0. The van der Waals surface area contributed by atoms with Crippen LogP contribution in [0.2, 0.25) is 0 Å². The molecule has 0 aromatic carbocycles. The van der Waals surface area contributed by atoms with Crippen LogP contribution in [0, 0.1) is 0 Å². The average Bonchev–Trinajstić information content (AvgIpc) is 1.88. The molecule has 1 heterocycles. The van der Waals surface area contributed by atoms with Gasteiger partial charge in [-0.15, -0.1) is 0 Å². The van der Waals surface area contributed by atoms with Gasteiger partial charge in [-0.05, 0) is 0 Å². The van der Waals surface area contributed by atoms with E-state index in [-0.39, 0.29) is 0 Å². The lowest BCUT2D eigenvalue weighted by atomic mass is 9.84. The average molecular weight is 149 g/mol. The van der Waals surface area contributed by atoms with Crippen LogP contribution in [0.3, 0.4) is 0 Å². The maximum atomic E-state index is 11.6. The first kappa shape index (κ1) is 7.97. The van der Waals surface area contributed by atoms with Gasteiger partial charge in [-0.3, -0.25) is 0 Å². The highest BCUT2D eigenvalue weighted by molar-refractivity contribution is 6.62. The van der Waals surface area contributed by atoms with E-state index in [2.05, 4.69) is 13.7 Å². The van der Waals surface area contributed by atoms with Crippen molar-refractivity contribution in [1.82, 2.24) is 0 Å². The van der Waals surface area contributed by atoms with Gasteiger partial charge in [0.15, 0.2) is 0 Å². The van der Waals surface area contributed by atoms with E-state index in [9.17, 15) is 13.2 Å². The molecule has 1 aliphatic rings. The van der Waals surface area contributed by atoms with Gasteiger partial charge >= 0.3 is 28.6 Å². The second kappa shape index (κ2) is 2.85. The molecule has 0 saturated carbocycles. The Kier molecular flexibility index (Phi) is 2.27. The van der Waals surface area contributed by atoms with Crippen LogP contribution in [0.15, 0.2) is 0 Å². The van der Waals surface area contributed by atoms with Crippen LogP contribution in [-0.4, -0.2) is 28.6 Å². The second-order valence-electron chi connectivity index (χ2n) is 1.47. The minimum atomic E-state index is -4.52. The molecule has 0 amide bonds. The van der Waals surface area contributed by atoms with Gasteiger partial charge in [-0.25, -0.2) is 0 Å². The number of rotatable bonds is 0. The molecule has 9 heteroatoms. The van der Waals surface area contributed by atoms with Crippen LogP contribution >= 0.6 is 0 Å². The maximum absolute atomic E-state index is 11.6. The largest absolute Gasteiger partial charge is 0.551 e. The molecular formula is CB3F3O3. The lowest BCUT2D eigenvalue weighted by Gasteiger charge is -2.19. The molecule has 1 saturated heterocycles. The molecule has 0 atom stereocenters. The standard InChI is InChI=1S/CB3F3O3/c5-1(6,7)4-9-2-8-3-10-4. The predicted molar refractivity (Wildman–Crippen MR) is 26.6 cm³/mol. The van der Waals surface area contributed by atoms with Gasteiger partial charge in [-0.2, -0.15) is 13.2 Å². The minimum Gasteiger partial charge on any atom is -0.457 e. The predicted octanol–water partition coefficient (Wildman–Crippen LogP) is -0.292. The normalized spacial score (nSPS) is 19.7. The fourth-order valence-electron chi connectivity index (χ4n) is 0.374. The topological polar surface area (TPSA) is 27.7 Å².